The molecular formula is C23H29ClN8O2. The molecule has 11 heteroatoms. The highest BCUT2D eigenvalue weighted by Crippen LogP contribution is 2.37. The minimum atomic E-state index is -0.225. The summed E-state index contributed by atoms with van der Waals surface area (Å²) in [7, 11) is 0. The Morgan fingerprint density at radius 3 is 2.74 bits per heavy atom. The number of ether oxygens (including phenoxy) is 1. The molecule has 10 nitrogen and oxygen atoms in total. The average molecular weight is 485 g/mol. The lowest BCUT2D eigenvalue weighted by Crippen LogP contribution is -2.33. The van der Waals surface area contributed by atoms with E-state index in [-0.39, 0.29) is 30.0 Å². The highest BCUT2D eigenvalue weighted by molar-refractivity contribution is 6.30. The number of nitrogens with one attached hydrogen (secondary N) is 2. The molecule has 3 aromatic rings. The van der Waals surface area contributed by atoms with Crippen LogP contribution in [0.15, 0.2) is 24.7 Å². The van der Waals surface area contributed by atoms with Crippen LogP contribution in [0.25, 0.3) is 11.2 Å². The summed E-state index contributed by atoms with van der Waals surface area (Å²) in [5, 5.41) is 7.35. The largest absolute Gasteiger partial charge is 0.378 e. The maximum absolute atomic E-state index is 11.7. The van der Waals surface area contributed by atoms with Gasteiger partial charge in [0.2, 0.25) is 17.8 Å². The quantitative estimate of drug-likeness (QED) is 0.481. The minimum Gasteiger partial charge on any atom is -0.378 e. The van der Waals surface area contributed by atoms with Crippen LogP contribution in [-0.2, 0) is 9.53 Å². The Hall–Kier alpha value is -2.98. The van der Waals surface area contributed by atoms with E-state index >= 15 is 0 Å². The topological polar surface area (TPSA) is 133 Å². The maximum atomic E-state index is 11.7. The van der Waals surface area contributed by atoms with Crippen molar-refractivity contribution < 1.29 is 9.53 Å². The standard InChI is InChI=1S/C23H29ClN8O2/c1-13-8-16(6-7-34-13)28-22-27-12-19-21(31-22)32(18-4-2-14(3-5-18)20(25)33)23(30-19)29-17-9-15(24)10-26-11-17/h9-14,16,18H,2-8H2,1H3,(H2,25,33)(H,29,30)(H,27,28,31)/t13-,14?,16-,18?/m0/s1. The summed E-state index contributed by atoms with van der Waals surface area (Å²) in [5.41, 5.74) is 7.74. The molecule has 1 aliphatic heterocycles. The molecule has 34 heavy (non-hydrogen) atoms. The second kappa shape index (κ2) is 9.71. The van der Waals surface area contributed by atoms with Gasteiger partial charge in [0.1, 0.15) is 5.52 Å². The molecule has 0 aromatic carbocycles. The SMILES string of the molecule is C[C@H]1C[C@@H](Nc2ncc3nc(Nc4cncc(Cl)c4)n(C4CCC(C(N)=O)CC4)c3n2)CCO1. The van der Waals surface area contributed by atoms with Gasteiger partial charge in [-0.25, -0.2) is 9.97 Å². The molecule has 4 N–H and O–H groups in total. The molecule has 5 rings (SSSR count). The molecule has 180 valence electrons. The number of imidazole rings is 1. The van der Waals surface area contributed by atoms with Crippen LogP contribution in [0, 0.1) is 5.92 Å². The van der Waals surface area contributed by atoms with E-state index in [1.807, 2.05) is 0 Å². The Balaban J connectivity index is 1.48. The van der Waals surface area contributed by atoms with Gasteiger partial charge >= 0.3 is 0 Å². The number of nitrogens with zero attached hydrogens (tertiary/aromatic N) is 5. The first kappa shape index (κ1) is 22.8. The van der Waals surface area contributed by atoms with Crippen LogP contribution in [-0.4, -0.2) is 49.2 Å². The fraction of sp³-hybridized carbons (Fsp3) is 0.522. The van der Waals surface area contributed by atoms with Crippen molar-refractivity contribution in [2.45, 2.75) is 63.6 Å². The fourth-order valence-corrected chi connectivity index (χ4v) is 5.11. The van der Waals surface area contributed by atoms with E-state index in [4.69, 9.17) is 32.0 Å². The number of pyridine rings is 1. The number of rotatable bonds is 6. The molecule has 0 radical (unpaired) electrons. The highest BCUT2D eigenvalue weighted by atomic mass is 35.5. The van der Waals surface area contributed by atoms with Crippen molar-refractivity contribution in [2.75, 3.05) is 17.2 Å². The van der Waals surface area contributed by atoms with Gasteiger partial charge in [0.05, 0.1) is 29.2 Å². The van der Waals surface area contributed by atoms with Crippen molar-refractivity contribution in [1.82, 2.24) is 24.5 Å². The first-order valence-corrected chi connectivity index (χ1v) is 12.1. The normalized spacial score (nSPS) is 25.2. The van der Waals surface area contributed by atoms with Crippen LogP contribution in [0.5, 0.6) is 0 Å². The number of amides is 1. The Labute approximate surface area is 202 Å². The zero-order valence-electron chi connectivity index (χ0n) is 19.1. The number of primary amides is 1. The lowest BCUT2D eigenvalue weighted by atomic mass is 9.85. The number of carbonyl (C=O) groups is 1. The van der Waals surface area contributed by atoms with E-state index in [1.54, 1.807) is 24.7 Å². The maximum Gasteiger partial charge on any atom is 0.224 e. The molecule has 3 aromatic heterocycles. The molecule has 0 spiro atoms. The Bertz CT molecular complexity index is 1180. The van der Waals surface area contributed by atoms with Crippen LogP contribution in [0.2, 0.25) is 5.02 Å². The fourth-order valence-electron chi connectivity index (χ4n) is 4.93. The summed E-state index contributed by atoms with van der Waals surface area (Å²) in [6.07, 6.45) is 10.2. The average Bonchev–Trinajstić information content (AvgIpc) is 3.16. The van der Waals surface area contributed by atoms with Gasteiger partial charge in [-0.05, 0) is 51.5 Å². The summed E-state index contributed by atoms with van der Waals surface area (Å²) in [6, 6.07) is 2.19. The van der Waals surface area contributed by atoms with Gasteiger partial charge in [-0.15, -0.1) is 0 Å². The third kappa shape index (κ3) is 4.92. The lowest BCUT2D eigenvalue weighted by Gasteiger charge is -2.29. The first-order valence-electron chi connectivity index (χ1n) is 11.8. The molecule has 2 aliphatic rings. The Morgan fingerprint density at radius 1 is 1.18 bits per heavy atom. The number of carbonyl (C=O) groups excluding carboxylic acids is 1. The van der Waals surface area contributed by atoms with E-state index in [0.29, 0.717) is 22.4 Å². The molecular weight excluding hydrogens is 456 g/mol. The number of nitrogens with two attached hydrogens (primary N) is 1. The second-order valence-electron chi connectivity index (χ2n) is 9.18. The molecule has 2 fully saturated rings. The van der Waals surface area contributed by atoms with Gasteiger partial charge in [-0.1, -0.05) is 11.6 Å². The van der Waals surface area contributed by atoms with Crippen molar-refractivity contribution >= 4 is 46.3 Å². The number of halogens is 1. The summed E-state index contributed by atoms with van der Waals surface area (Å²) in [5.74, 6) is 0.918. The van der Waals surface area contributed by atoms with Crippen LogP contribution in [0.3, 0.4) is 0 Å². The van der Waals surface area contributed by atoms with Gasteiger partial charge in [0.25, 0.3) is 0 Å². The van der Waals surface area contributed by atoms with Gasteiger partial charge in [-0.2, -0.15) is 4.98 Å². The van der Waals surface area contributed by atoms with Crippen LogP contribution >= 0.6 is 11.6 Å². The highest BCUT2D eigenvalue weighted by Gasteiger charge is 2.29. The molecule has 4 heterocycles. The third-order valence-corrected chi connectivity index (χ3v) is 6.88. The zero-order valence-corrected chi connectivity index (χ0v) is 19.8. The first-order chi connectivity index (χ1) is 16.5. The molecule has 0 bridgehead atoms. The van der Waals surface area contributed by atoms with Crippen molar-refractivity contribution in [3.63, 3.8) is 0 Å². The van der Waals surface area contributed by atoms with E-state index in [2.05, 4.69) is 32.1 Å². The molecule has 1 saturated carbocycles. The van der Waals surface area contributed by atoms with E-state index in [0.717, 1.165) is 56.5 Å². The number of aromatic nitrogens is 5. The molecule has 1 saturated heterocycles. The summed E-state index contributed by atoms with van der Waals surface area (Å²) < 4.78 is 7.78. The molecule has 1 amide bonds. The van der Waals surface area contributed by atoms with Crippen LogP contribution < -0.4 is 16.4 Å². The summed E-state index contributed by atoms with van der Waals surface area (Å²) >= 11 is 6.13. The number of hydrogen-bond acceptors (Lipinski definition) is 8. The van der Waals surface area contributed by atoms with Gasteiger partial charge < -0.3 is 21.1 Å². The minimum absolute atomic E-state index is 0.0815. The molecule has 1 aliphatic carbocycles. The van der Waals surface area contributed by atoms with Crippen molar-refractivity contribution in [3.05, 3.63) is 29.7 Å². The van der Waals surface area contributed by atoms with Crippen molar-refractivity contribution in [1.29, 1.82) is 0 Å². The third-order valence-electron chi connectivity index (χ3n) is 6.68. The predicted molar refractivity (Wildman–Crippen MR) is 130 cm³/mol. The predicted octanol–water partition coefficient (Wildman–Crippen LogP) is 3.81. The van der Waals surface area contributed by atoms with Crippen molar-refractivity contribution in [3.8, 4) is 0 Å². The Kier molecular flexibility index (Phi) is 6.51. The zero-order chi connectivity index (χ0) is 23.7. The van der Waals surface area contributed by atoms with Crippen LogP contribution in [0.1, 0.15) is 51.5 Å². The number of hydrogen-bond donors (Lipinski definition) is 3. The van der Waals surface area contributed by atoms with E-state index < -0.39 is 0 Å². The van der Waals surface area contributed by atoms with E-state index in [1.165, 1.54) is 0 Å². The monoisotopic (exact) mass is 484 g/mol. The lowest BCUT2D eigenvalue weighted by molar-refractivity contribution is -0.122. The van der Waals surface area contributed by atoms with Crippen molar-refractivity contribution in [2.24, 2.45) is 11.7 Å². The number of anilines is 3. The number of fused-ring (bicyclic) bond motifs is 1. The Morgan fingerprint density at radius 2 is 2.00 bits per heavy atom. The summed E-state index contributed by atoms with van der Waals surface area (Å²) in [6.45, 7) is 2.81. The molecule has 2 atom stereocenters. The van der Waals surface area contributed by atoms with Gasteiger partial charge in [0.15, 0.2) is 5.65 Å². The van der Waals surface area contributed by atoms with Crippen LogP contribution in [0.4, 0.5) is 17.6 Å². The molecule has 0 unspecified atom stereocenters. The second-order valence-corrected chi connectivity index (χ2v) is 9.62. The van der Waals surface area contributed by atoms with Gasteiger partial charge in [0, 0.05) is 30.8 Å². The van der Waals surface area contributed by atoms with E-state index in [9.17, 15) is 4.79 Å². The summed E-state index contributed by atoms with van der Waals surface area (Å²) in [4.78, 5) is 30.0. The smallest absolute Gasteiger partial charge is 0.224 e. The van der Waals surface area contributed by atoms with Gasteiger partial charge in [-0.3, -0.25) is 14.3 Å².